The van der Waals surface area contributed by atoms with E-state index in [2.05, 4.69) is 17.2 Å². The highest BCUT2D eigenvalue weighted by atomic mass is 32.1. The number of aryl methyl sites for hydroxylation is 3. The zero-order valence-corrected chi connectivity index (χ0v) is 16.1. The summed E-state index contributed by atoms with van der Waals surface area (Å²) in [5.74, 6) is -0.0434. The number of nitrogens with one attached hydrogen (secondary N) is 1. The van der Waals surface area contributed by atoms with E-state index < -0.39 is 0 Å². The molecule has 0 saturated carbocycles. The molecule has 1 atom stereocenters. The van der Waals surface area contributed by atoms with E-state index in [0.29, 0.717) is 0 Å². The Kier molecular flexibility index (Phi) is 4.60. The van der Waals surface area contributed by atoms with Crippen molar-refractivity contribution < 1.29 is 4.79 Å². The lowest BCUT2D eigenvalue weighted by atomic mass is 10.1. The van der Waals surface area contributed by atoms with E-state index in [0.717, 1.165) is 36.6 Å². The van der Waals surface area contributed by atoms with Gasteiger partial charge in [-0.25, -0.2) is 4.98 Å². The summed E-state index contributed by atoms with van der Waals surface area (Å²) in [4.78, 5) is 19.8. The summed E-state index contributed by atoms with van der Waals surface area (Å²) in [5, 5.41) is 5.11. The van der Waals surface area contributed by atoms with Crippen molar-refractivity contribution in [2.24, 2.45) is 0 Å². The highest BCUT2D eigenvalue weighted by molar-refractivity contribution is 7.15. The van der Waals surface area contributed by atoms with Gasteiger partial charge in [-0.15, -0.1) is 22.7 Å². The Morgan fingerprint density at radius 1 is 1.12 bits per heavy atom. The number of hydrogen-bond acceptors (Lipinski definition) is 4. The summed E-state index contributed by atoms with van der Waals surface area (Å²) in [6.07, 6.45) is 3.94. The summed E-state index contributed by atoms with van der Waals surface area (Å²) in [5.41, 5.74) is 2.75. The maximum absolute atomic E-state index is 13.0. The zero-order chi connectivity index (χ0) is 17.4. The van der Waals surface area contributed by atoms with Crippen LogP contribution in [0.1, 0.15) is 49.3 Å². The molecule has 1 N–H and O–H groups in total. The van der Waals surface area contributed by atoms with Crippen LogP contribution >= 0.6 is 22.7 Å². The van der Waals surface area contributed by atoms with Gasteiger partial charge >= 0.3 is 0 Å². The van der Waals surface area contributed by atoms with Gasteiger partial charge in [0.1, 0.15) is 5.00 Å². The van der Waals surface area contributed by atoms with Gasteiger partial charge in [-0.3, -0.25) is 4.79 Å². The normalized spacial score (nSPS) is 12.4. The van der Waals surface area contributed by atoms with Gasteiger partial charge in [-0.05, 0) is 52.3 Å². The topological polar surface area (TPSA) is 46.9 Å². The molecule has 0 aliphatic heterocycles. The van der Waals surface area contributed by atoms with E-state index >= 15 is 0 Å². The van der Waals surface area contributed by atoms with E-state index in [1.807, 2.05) is 56.8 Å². The summed E-state index contributed by atoms with van der Waals surface area (Å²) in [6.45, 7) is 10.1. The first-order chi connectivity index (χ1) is 11.4. The fourth-order valence-corrected chi connectivity index (χ4v) is 4.85. The average Bonchev–Trinajstić information content (AvgIpc) is 3.20. The van der Waals surface area contributed by atoms with Crippen molar-refractivity contribution in [1.29, 1.82) is 0 Å². The predicted molar refractivity (Wildman–Crippen MR) is 101 cm³/mol. The highest BCUT2D eigenvalue weighted by Gasteiger charge is 2.23. The first kappa shape index (κ1) is 16.9. The molecular weight excluding hydrogens is 338 g/mol. The lowest BCUT2D eigenvalue weighted by Crippen LogP contribution is -2.28. The summed E-state index contributed by atoms with van der Waals surface area (Å²) in [7, 11) is 0. The van der Waals surface area contributed by atoms with Crippen LogP contribution in [0.4, 0.5) is 0 Å². The van der Waals surface area contributed by atoms with Gasteiger partial charge in [0.2, 0.25) is 0 Å². The molecule has 0 saturated heterocycles. The van der Waals surface area contributed by atoms with Crippen LogP contribution in [-0.4, -0.2) is 15.5 Å². The third-order valence-corrected chi connectivity index (χ3v) is 6.25. The van der Waals surface area contributed by atoms with Gasteiger partial charge < -0.3 is 9.88 Å². The number of amides is 1. The lowest BCUT2D eigenvalue weighted by Gasteiger charge is -2.14. The standard InChI is InChI=1S/C18H21N3OS2/c1-10-12(3)24-18(21-8-6-7-9-21)15(10)17(22)19-11(2)16-13(4)23-14(5)20-16/h6-9,11H,1-5H3,(H,19,22)/t11-/m0/s1. The molecule has 0 aliphatic rings. The molecule has 6 heteroatoms. The van der Waals surface area contributed by atoms with Gasteiger partial charge in [-0.2, -0.15) is 0 Å². The van der Waals surface area contributed by atoms with Crippen molar-refractivity contribution in [3.05, 3.63) is 56.1 Å². The third kappa shape index (κ3) is 3.03. The fourth-order valence-electron chi connectivity index (χ4n) is 2.81. The second-order valence-corrected chi connectivity index (χ2v) is 8.53. The van der Waals surface area contributed by atoms with Crippen LogP contribution in [-0.2, 0) is 0 Å². The molecule has 0 spiro atoms. The maximum Gasteiger partial charge on any atom is 0.255 e. The number of thiazole rings is 1. The van der Waals surface area contributed by atoms with Crippen molar-refractivity contribution in [2.75, 3.05) is 0 Å². The van der Waals surface area contributed by atoms with Crippen molar-refractivity contribution in [3.8, 4) is 5.00 Å². The van der Waals surface area contributed by atoms with Gasteiger partial charge in [0.05, 0.1) is 22.3 Å². The van der Waals surface area contributed by atoms with Crippen LogP contribution in [0.3, 0.4) is 0 Å². The minimum atomic E-state index is -0.112. The zero-order valence-electron chi connectivity index (χ0n) is 14.5. The molecular formula is C18H21N3OS2. The number of hydrogen-bond donors (Lipinski definition) is 1. The van der Waals surface area contributed by atoms with Gasteiger partial charge in [0, 0.05) is 22.1 Å². The smallest absolute Gasteiger partial charge is 0.255 e. The first-order valence-corrected chi connectivity index (χ1v) is 9.50. The summed E-state index contributed by atoms with van der Waals surface area (Å²) in [6, 6.07) is 3.83. The van der Waals surface area contributed by atoms with Crippen molar-refractivity contribution in [2.45, 2.75) is 40.7 Å². The predicted octanol–water partition coefficient (Wildman–Crippen LogP) is 4.72. The number of aromatic nitrogens is 2. The Bertz CT molecular complexity index is 875. The first-order valence-electron chi connectivity index (χ1n) is 7.86. The molecule has 0 unspecified atom stereocenters. The minimum Gasteiger partial charge on any atom is -0.344 e. The van der Waals surface area contributed by atoms with Crippen LogP contribution in [0.15, 0.2) is 24.5 Å². The molecule has 0 aliphatic carbocycles. The molecule has 3 heterocycles. The molecule has 4 nitrogen and oxygen atoms in total. The van der Waals surface area contributed by atoms with Crippen LogP contribution in [0.5, 0.6) is 0 Å². The Hall–Kier alpha value is -1.92. The van der Waals surface area contributed by atoms with Crippen molar-refractivity contribution in [3.63, 3.8) is 0 Å². The van der Waals surface area contributed by atoms with Crippen LogP contribution in [0, 0.1) is 27.7 Å². The van der Waals surface area contributed by atoms with E-state index in [-0.39, 0.29) is 11.9 Å². The molecule has 126 valence electrons. The number of thiophene rings is 1. The molecule has 0 radical (unpaired) electrons. The second-order valence-electron chi connectivity index (χ2n) is 5.92. The van der Waals surface area contributed by atoms with Gasteiger partial charge in [0.25, 0.3) is 5.91 Å². The Balaban J connectivity index is 1.92. The average molecular weight is 360 g/mol. The fraction of sp³-hybridized carbons (Fsp3) is 0.333. The number of rotatable bonds is 4. The monoisotopic (exact) mass is 359 g/mol. The Morgan fingerprint density at radius 2 is 1.79 bits per heavy atom. The number of carbonyl (C=O) groups excluding carboxylic acids is 1. The van der Waals surface area contributed by atoms with Crippen LogP contribution in [0.25, 0.3) is 5.00 Å². The minimum absolute atomic E-state index is 0.0434. The molecule has 0 fully saturated rings. The van der Waals surface area contributed by atoms with Crippen molar-refractivity contribution >= 4 is 28.6 Å². The van der Waals surface area contributed by atoms with Gasteiger partial charge in [-0.1, -0.05) is 0 Å². The summed E-state index contributed by atoms with van der Waals surface area (Å²) < 4.78 is 2.00. The van der Waals surface area contributed by atoms with Crippen LogP contribution in [0.2, 0.25) is 0 Å². The molecule has 24 heavy (non-hydrogen) atoms. The third-order valence-electron chi connectivity index (χ3n) is 4.13. The molecule has 3 aromatic rings. The van der Waals surface area contributed by atoms with E-state index in [1.165, 1.54) is 0 Å². The van der Waals surface area contributed by atoms with E-state index in [1.54, 1.807) is 22.7 Å². The number of carbonyl (C=O) groups is 1. The van der Waals surface area contributed by atoms with Crippen LogP contribution < -0.4 is 5.32 Å². The molecule has 3 rings (SSSR count). The Morgan fingerprint density at radius 3 is 2.38 bits per heavy atom. The quantitative estimate of drug-likeness (QED) is 0.733. The lowest BCUT2D eigenvalue weighted by molar-refractivity contribution is 0.0939. The molecule has 0 aromatic carbocycles. The second kappa shape index (κ2) is 6.53. The van der Waals surface area contributed by atoms with E-state index in [4.69, 9.17) is 0 Å². The molecule has 3 aromatic heterocycles. The Labute approximate surface area is 150 Å². The van der Waals surface area contributed by atoms with Gasteiger partial charge in [0.15, 0.2) is 0 Å². The van der Waals surface area contributed by atoms with E-state index in [9.17, 15) is 4.79 Å². The molecule has 0 bridgehead atoms. The summed E-state index contributed by atoms with van der Waals surface area (Å²) >= 11 is 3.31. The molecule has 1 amide bonds. The largest absolute Gasteiger partial charge is 0.344 e. The van der Waals surface area contributed by atoms with Crippen molar-refractivity contribution in [1.82, 2.24) is 14.9 Å². The SMILES string of the molecule is Cc1nc([C@H](C)NC(=O)c2c(-n3cccc3)sc(C)c2C)c(C)s1. The highest BCUT2D eigenvalue weighted by Crippen LogP contribution is 2.31. The maximum atomic E-state index is 13.0. The number of nitrogens with zero attached hydrogens (tertiary/aromatic N) is 2.